The molecule has 1 aromatic carbocycles. The van der Waals surface area contributed by atoms with E-state index < -0.39 is 6.36 Å². The van der Waals surface area contributed by atoms with Crippen LogP contribution >= 0.6 is 0 Å². The zero-order valence-corrected chi connectivity index (χ0v) is 10.3. The average Bonchev–Trinajstić information content (AvgIpc) is 2.58. The highest BCUT2D eigenvalue weighted by Crippen LogP contribution is 2.30. The highest BCUT2D eigenvalue weighted by Gasteiger charge is 2.32. The van der Waals surface area contributed by atoms with Gasteiger partial charge in [-0.3, -0.25) is 4.99 Å². The van der Waals surface area contributed by atoms with Gasteiger partial charge in [0, 0.05) is 13.0 Å². The van der Waals surface area contributed by atoms with Crippen molar-refractivity contribution in [3.63, 3.8) is 0 Å². The molecule has 0 unspecified atom stereocenters. The Labute approximate surface area is 109 Å². The first-order chi connectivity index (χ1) is 9.04. The van der Waals surface area contributed by atoms with Gasteiger partial charge in [0.25, 0.3) is 0 Å². The van der Waals surface area contributed by atoms with Crippen LogP contribution in [0.1, 0.15) is 25.7 Å². The van der Waals surface area contributed by atoms with E-state index in [9.17, 15) is 13.2 Å². The highest BCUT2D eigenvalue weighted by atomic mass is 19.4. The molecule has 0 aromatic heterocycles. The van der Waals surface area contributed by atoms with Gasteiger partial charge < -0.3 is 10.1 Å². The van der Waals surface area contributed by atoms with Crippen LogP contribution in [0.15, 0.2) is 29.3 Å². The van der Waals surface area contributed by atoms with Crippen LogP contribution in [0.3, 0.4) is 0 Å². The summed E-state index contributed by atoms with van der Waals surface area (Å²) in [5.74, 6) is 0.484. The highest BCUT2D eigenvalue weighted by molar-refractivity contribution is 5.96. The summed E-state index contributed by atoms with van der Waals surface area (Å²) in [7, 11) is 0. The molecule has 0 bridgehead atoms. The Morgan fingerprint density at radius 1 is 1.11 bits per heavy atom. The SMILES string of the molecule is FC(F)(F)Oc1ccccc1NC1=NCCCCC1. The van der Waals surface area contributed by atoms with Crippen molar-refractivity contribution in [2.24, 2.45) is 4.99 Å². The summed E-state index contributed by atoms with van der Waals surface area (Å²) in [5, 5.41) is 2.94. The van der Waals surface area contributed by atoms with Crippen LogP contribution in [-0.2, 0) is 0 Å². The third-order valence-electron chi connectivity index (χ3n) is 2.77. The number of rotatable bonds is 2. The number of hydrogen-bond acceptors (Lipinski definition) is 3. The first-order valence-corrected chi connectivity index (χ1v) is 6.20. The van der Waals surface area contributed by atoms with Crippen LogP contribution in [0, 0.1) is 0 Å². The van der Waals surface area contributed by atoms with Gasteiger partial charge in [0.15, 0.2) is 5.75 Å². The van der Waals surface area contributed by atoms with E-state index in [4.69, 9.17) is 0 Å². The maximum absolute atomic E-state index is 12.3. The third-order valence-corrected chi connectivity index (χ3v) is 2.77. The summed E-state index contributed by atoms with van der Waals surface area (Å²) in [6.07, 6.45) is -0.835. The number of ether oxygens (including phenoxy) is 1. The molecule has 3 nitrogen and oxygen atoms in total. The van der Waals surface area contributed by atoms with E-state index >= 15 is 0 Å². The number of halogens is 3. The predicted molar refractivity (Wildman–Crippen MR) is 67.5 cm³/mol. The molecule has 1 aliphatic heterocycles. The van der Waals surface area contributed by atoms with Crippen molar-refractivity contribution in [1.82, 2.24) is 0 Å². The lowest BCUT2D eigenvalue weighted by Crippen LogP contribution is -2.19. The maximum Gasteiger partial charge on any atom is 0.573 e. The van der Waals surface area contributed by atoms with Crippen molar-refractivity contribution in [1.29, 1.82) is 0 Å². The van der Waals surface area contributed by atoms with E-state index in [1.807, 2.05) is 0 Å². The monoisotopic (exact) mass is 272 g/mol. The summed E-state index contributed by atoms with van der Waals surface area (Å²) in [6.45, 7) is 0.713. The minimum absolute atomic E-state index is 0.234. The number of nitrogens with one attached hydrogen (secondary N) is 1. The predicted octanol–water partition coefficient (Wildman–Crippen LogP) is 3.97. The van der Waals surface area contributed by atoms with Crippen LogP contribution in [0.25, 0.3) is 0 Å². The van der Waals surface area contributed by atoms with Crippen LogP contribution in [0.2, 0.25) is 0 Å². The van der Waals surface area contributed by atoms with Crippen LogP contribution in [0.4, 0.5) is 18.9 Å². The maximum atomic E-state index is 12.3. The molecular formula is C13H15F3N2O. The molecule has 19 heavy (non-hydrogen) atoms. The van der Waals surface area contributed by atoms with Gasteiger partial charge in [-0.2, -0.15) is 0 Å². The zero-order chi connectivity index (χ0) is 13.7. The Morgan fingerprint density at radius 3 is 2.68 bits per heavy atom. The normalized spacial score (nSPS) is 16.5. The molecule has 0 radical (unpaired) electrons. The number of aliphatic imine (C=N–C) groups is 1. The molecule has 0 spiro atoms. The lowest BCUT2D eigenvalue weighted by Gasteiger charge is -2.15. The first kappa shape index (κ1) is 13.7. The summed E-state index contributed by atoms with van der Waals surface area (Å²) in [4.78, 5) is 4.32. The van der Waals surface area contributed by atoms with Gasteiger partial charge in [0.05, 0.1) is 5.69 Å². The second-order valence-electron chi connectivity index (χ2n) is 4.31. The second kappa shape index (κ2) is 5.95. The van der Waals surface area contributed by atoms with Crippen molar-refractivity contribution in [2.75, 3.05) is 11.9 Å². The van der Waals surface area contributed by atoms with Crippen molar-refractivity contribution in [2.45, 2.75) is 32.0 Å². The van der Waals surface area contributed by atoms with Gasteiger partial charge in [-0.15, -0.1) is 13.2 Å². The molecule has 104 valence electrons. The van der Waals surface area contributed by atoms with Crippen LogP contribution in [-0.4, -0.2) is 18.7 Å². The fourth-order valence-corrected chi connectivity index (χ4v) is 1.92. The minimum atomic E-state index is -4.69. The lowest BCUT2D eigenvalue weighted by atomic mass is 10.2. The summed E-state index contributed by atoms with van der Waals surface area (Å²) in [5.41, 5.74) is 0.292. The molecule has 0 atom stereocenters. The molecule has 0 fully saturated rings. The third kappa shape index (κ3) is 4.46. The van der Waals surface area contributed by atoms with Crippen molar-refractivity contribution in [3.8, 4) is 5.75 Å². The molecule has 0 aliphatic carbocycles. The number of anilines is 1. The molecule has 0 amide bonds. The van der Waals surface area contributed by atoms with E-state index in [0.717, 1.165) is 31.5 Å². The lowest BCUT2D eigenvalue weighted by molar-refractivity contribution is -0.274. The molecule has 6 heteroatoms. The molecule has 1 heterocycles. The number of para-hydroxylation sites is 2. The van der Waals surface area contributed by atoms with Gasteiger partial charge in [0.2, 0.25) is 0 Å². The summed E-state index contributed by atoms with van der Waals surface area (Å²) >= 11 is 0. The Hall–Kier alpha value is -1.72. The fourth-order valence-electron chi connectivity index (χ4n) is 1.92. The number of hydrogen-bond donors (Lipinski definition) is 1. The summed E-state index contributed by atoms with van der Waals surface area (Å²) in [6, 6.07) is 5.99. The number of amidine groups is 1. The minimum Gasteiger partial charge on any atom is -0.404 e. The van der Waals surface area contributed by atoms with Crippen molar-refractivity contribution in [3.05, 3.63) is 24.3 Å². The van der Waals surface area contributed by atoms with Crippen molar-refractivity contribution >= 4 is 11.5 Å². The molecule has 0 saturated heterocycles. The van der Waals surface area contributed by atoms with E-state index in [2.05, 4.69) is 15.0 Å². The molecule has 1 aliphatic rings. The molecule has 1 aromatic rings. The van der Waals surface area contributed by atoms with E-state index in [0.29, 0.717) is 12.2 Å². The quantitative estimate of drug-likeness (QED) is 0.883. The first-order valence-electron chi connectivity index (χ1n) is 6.20. The van der Waals surface area contributed by atoms with Crippen molar-refractivity contribution < 1.29 is 17.9 Å². The van der Waals surface area contributed by atoms with E-state index in [-0.39, 0.29) is 5.75 Å². The summed E-state index contributed by atoms with van der Waals surface area (Å²) < 4.78 is 40.8. The number of alkyl halides is 3. The number of nitrogens with zero attached hydrogens (tertiary/aromatic N) is 1. The van der Waals surface area contributed by atoms with Gasteiger partial charge >= 0.3 is 6.36 Å². The Morgan fingerprint density at radius 2 is 1.89 bits per heavy atom. The van der Waals surface area contributed by atoms with Gasteiger partial charge in [0.1, 0.15) is 5.84 Å². The number of benzene rings is 1. The van der Waals surface area contributed by atoms with Gasteiger partial charge in [-0.25, -0.2) is 0 Å². The molecular weight excluding hydrogens is 257 g/mol. The van der Waals surface area contributed by atoms with E-state index in [1.54, 1.807) is 12.1 Å². The van der Waals surface area contributed by atoms with E-state index in [1.165, 1.54) is 12.1 Å². The molecule has 0 saturated carbocycles. The van der Waals surface area contributed by atoms with Crippen LogP contribution < -0.4 is 10.1 Å². The largest absolute Gasteiger partial charge is 0.573 e. The second-order valence-corrected chi connectivity index (χ2v) is 4.31. The molecule has 2 rings (SSSR count). The average molecular weight is 272 g/mol. The van der Waals surface area contributed by atoms with Crippen LogP contribution in [0.5, 0.6) is 5.75 Å². The Kier molecular flexibility index (Phi) is 4.29. The topological polar surface area (TPSA) is 33.6 Å². The Bertz CT molecular complexity index is 457. The van der Waals surface area contributed by atoms with Gasteiger partial charge in [-0.1, -0.05) is 18.6 Å². The Balaban J connectivity index is 2.13. The fraction of sp³-hybridized carbons (Fsp3) is 0.462. The smallest absolute Gasteiger partial charge is 0.404 e. The molecule has 1 N–H and O–H groups in total. The zero-order valence-electron chi connectivity index (χ0n) is 10.3. The standard InChI is InChI=1S/C13H15F3N2O/c14-13(15,16)19-11-7-4-3-6-10(11)18-12-8-2-1-5-9-17-12/h3-4,6-7H,1-2,5,8-9H2,(H,17,18). The van der Waals surface area contributed by atoms with Gasteiger partial charge in [-0.05, 0) is 25.0 Å².